The van der Waals surface area contributed by atoms with E-state index < -0.39 is 5.97 Å². The van der Waals surface area contributed by atoms with Crippen molar-refractivity contribution in [3.63, 3.8) is 0 Å². The quantitative estimate of drug-likeness (QED) is 0.752. The van der Waals surface area contributed by atoms with Gasteiger partial charge in [0.25, 0.3) is 0 Å². The monoisotopic (exact) mass is 273 g/mol. The number of hydrogen-bond donors (Lipinski definition) is 3. The first-order chi connectivity index (χ1) is 9.65. The van der Waals surface area contributed by atoms with Gasteiger partial charge in [-0.1, -0.05) is 12.1 Å². The lowest BCUT2D eigenvalue weighted by Crippen LogP contribution is -2.11. The topological polar surface area (TPSA) is 95.1 Å². The van der Waals surface area contributed by atoms with Crippen molar-refractivity contribution in [2.75, 3.05) is 5.32 Å². The predicted molar refractivity (Wildman–Crippen MR) is 74.1 cm³/mol. The van der Waals surface area contributed by atoms with Gasteiger partial charge in [-0.05, 0) is 24.6 Å². The van der Waals surface area contributed by atoms with Crippen molar-refractivity contribution in [3.05, 3.63) is 36.5 Å². The highest BCUT2D eigenvalue weighted by molar-refractivity contribution is 5.91. The number of nitrogens with zero attached hydrogens (tertiary/aromatic N) is 1. The molecule has 6 heteroatoms. The number of aromatic amines is 1. The fourth-order valence-electron chi connectivity index (χ4n) is 1.80. The largest absolute Gasteiger partial charge is 0.481 e. The van der Waals surface area contributed by atoms with E-state index in [1.165, 1.54) is 0 Å². The molecule has 20 heavy (non-hydrogen) atoms. The Morgan fingerprint density at radius 3 is 2.80 bits per heavy atom. The van der Waals surface area contributed by atoms with E-state index in [9.17, 15) is 9.59 Å². The molecule has 0 aliphatic heterocycles. The van der Waals surface area contributed by atoms with Gasteiger partial charge in [-0.3, -0.25) is 14.7 Å². The maximum atomic E-state index is 11.7. The Labute approximate surface area is 115 Å². The Morgan fingerprint density at radius 1 is 1.25 bits per heavy atom. The number of nitrogens with one attached hydrogen (secondary N) is 2. The summed E-state index contributed by atoms with van der Waals surface area (Å²) in [5.74, 6) is -1.08. The van der Waals surface area contributed by atoms with Crippen LogP contribution in [0.3, 0.4) is 0 Å². The van der Waals surface area contributed by atoms with Crippen LogP contribution in [-0.2, 0) is 9.59 Å². The van der Waals surface area contributed by atoms with Crippen molar-refractivity contribution < 1.29 is 14.7 Å². The molecule has 0 radical (unpaired) electrons. The highest BCUT2D eigenvalue weighted by atomic mass is 16.4. The molecule has 0 atom stereocenters. The van der Waals surface area contributed by atoms with Crippen LogP contribution in [0, 0.1) is 0 Å². The third-order valence-corrected chi connectivity index (χ3v) is 2.75. The first kappa shape index (κ1) is 13.8. The van der Waals surface area contributed by atoms with Crippen molar-refractivity contribution in [2.45, 2.75) is 19.3 Å². The fourth-order valence-corrected chi connectivity index (χ4v) is 1.80. The Kier molecular flexibility index (Phi) is 4.49. The highest BCUT2D eigenvalue weighted by Gasteiger charge is 2.06. The molecule has 6 nitrogen and oxygen atoms in total. The predicted octanol–water partition coefficient (Wildman–Crippen LogP) is 2.27. The third-order valence-electron chi connectivity index (χ3n) is 2.75. The molecule has 1 aromatic carbocycles. The van der Waals surface area contributed by atoms with E-state index in [-0.39, 0.29) is 18.7 Å². The molecule has 1 aromatic heterocycles. The van der Waals surface area contributed by atoms with Gasteiger partial charge in [0, 0.05) is 30.3 Å². The summed E-state index contributed by atoms with van der Waals surface area (Å²) in [6.45, 7) is 0. The van der Waals surface area contributed by atoms with Gasteiger partial charge in [0.2, 0.25) is 5.91 Å². The zero-order valence-corrected chi connectivity index (χ0v) is 10.8. The van der Waals surface area contributed by atoms with Gasteiger partial charge in [0.05, 0.1) is 5.69 Å². The Hall–Kier alpha value is -2.63. The van der Waals surface area contributed by atoms with Crippen molar-refractivity contribution >= 4 is 17.6 Å². The van der Waals surface area contributed by atoms with E-state index in [4.69, 9.17) is 5.11 Å². The molecular formula is C14H15N3O3. The molecule has 0 saturated heterocycles. The smallest absolute Gasteiger partial charge is 0.303 e. The number of H-pyrrole nitrogens is 1. The number of amides is 1. The number of carbonyl (C=O) groups excluding carboxylic acids is 1. The van der Waals surface area contributed by atoms with Crippen LogP contribution in [0.5, 0.6) is 0 Å². The summed E-state index contributed by atoms with van der Waals surface area (Å²) < 4.78 is 0. The van der Waals surface area contributed by atoms with E-state index in [1.807, 2.05) is 24.3 Å². The number of benzene rings is 1. The lowest BCUT2D eigenvalue weighted by atomic mass is 10.1. The molecule has 104 valence electrons. The van der Waals surface area contributed by atoms with Gasteiger partial charge in [0.15, 0.2) is 0 Å². The van der Waals surface area contributed by atoms with Crippen molar-refractivity contribution in [2.24, 2.45) is 0 Å². The van der Waals surface area contributed by atoms with Gasteiger partial charge in [-0.25, -0.2) is 0 Å². The molecule has 2 aromatic rings. The first-order valence-electron chi connectivity index (χ1n) is 6.26. The maximum Gasteiger partial charge on any atom is 0.303 e. The second-order valence-corrected chi connectivity index (χ2v) is 4.35. The van der Waals surface area contributed by atoms with Gasteiger partial charge in [-0.15, -0.1) is 0 Å². The average molecular weight is 273 g/mol. The van der Waals surface area contributed by atoms with E-state index in [0.29, 0.717) is 12.1 Å². The van der Waals surface area contributed by atoms with Gasteiger partial charge >= 0.3 is 5.97 Å². The molecule has 0 aliphatic carbocycles. The lowest BCUT2D eigenvalue weighted by molar-refractivity contribution is -0.137. The van der Waals surface area contributed by atoms with E-state index in [1.54, 1.807) is 12.3 Å². The summed E-state index contributed by atoms with van der Waals surface area (Å²) in [7, 11) is 0. The second-order valence-electron chi connectivity index (χ2n) is 4.35. The first-order valence-corrected chi connectivity index (χ1v) is 6.26. The van der Waals surface area contributed by atoms with Gasteiger partial charge in [-0.2, -0.15) is 5.10 Å². The summed E-state index contributed by atoms with van der Waals surface area (Å²) in [6.07, 6.45) is 2.19. The molecule has 3 N–H and O–H groups in total. The molecule has 1 heterocycles. The van der Waals surface area contributed by atoms with Crippen LogP contribution >= 0.6 is 0 Å². The SMILES string of the molecule is O=C(O)CCCC(=O)Nc1cccc(-c2ccn[nH]2)c1. The average Bonchev–Trinajstić information content (AvgIpc) is 2.92. The summed E-state index contributed by atoms with van der Waals surface area (Å²) in [6, 6.07) is 9.21. The minimum absolute atomic E-state index is 0.00159. The van der Waals surface area contributed by atoms with Crippen LogP contribution in [0.15, 0.2) is 36.5 Å². The minimum atomic E-state index is -0.890. The summed E-state index contributed by atoms with van der Waals surface area (Å²) in [4.78, 5) is 22.0. The maximum absolute atomic E-state index is 11.7. The zero-order chi connectivity index (χ0) is 14.4. The number of carboxylic acids is 1. The molecule has 0 aliphatic rings. The number of rotatable bonds is 6. The molecule has 0 spiro atoms. The number of anilines is 1. The Morgan fingerprint density at radius 2 is 2.10 bits per heavy atom. The normalized spacial score (nSPS) is 10.2. The molecule has 0 saturated carbocycles. The number of carboxylic acid groups (broad SMARTS) is 1. The molecule has 0 bridgehead atoms. The molecule has 0 fully saturated rings. The van der Waals surface area contributed by atoms with Crippen LogP contribution in [0.2, 0.25) is 0 Å². The van der Waals surface area contributed by atoms with Crippen LogP contribution in [0.4, 0.5) is 5.69 Å². The van der Waals surface area contributed by atoms with Crippen molar-refractivity contribution in [3.8, 4) is 11.3 Å². The van der Waals surface area contributed by atoms with Gasteiger partial charge in [0.1, 0.15) is 0 Å². The van der Waals surface area contributed by atoms with E-state index in [2.05, 4.69) is 15.5 Å². The number of aliphatic carboxylic acids is 1. The minimum Gasteiger partial charge on any atom is -0.481 e. The fraction of sp³-hybridized carbons (Fsp3) is 0.214. The summed E-state index contributed by atoms with van der Waals surface area (Å²) in [5, 5.41) is 18.0. The zero-order valence-electron chi connectivity index (χ0n) is 10.8. The van der Waals surface area contributed by atoms with E-state index in [0.717, 1.165) is 11.3 Å². The molecular weight excluding hydrogens is 258 g/mol. The van der Waals surface area contributed by atoms with Crippen molar-refractivity contribution in [1.29, 1.82) is 0 Å². The third kappa shape index (κ3) is 3.94. The number of carbonyl (C=O) groups is 2. The summed E-state index contributed by atoms with van der Waals surface area (Å²) in [5.41, 5.74) is 2.47. The number of aromatic nitrogens is 2. The second kappa shape index (κ2) is 6.51. The highest BCUT2D eigenvalue weighted by Crippen LogP contribution is 2.20. The standard InChI is InChI=1S/C14H15N3O3/c18-13(5-2-6-14(19)20)16-11-4-1-3-10(9-11)12-7-8-15-17-12/h1,3-4,7-9H,2,5-6H2,(H,15,17)(H,16,18)(H,19,20). The Balaban J connectivity index is 1.94. The van der Waals surface area contributed by atoms with Crippen molar-refractivity contribution in [1.82, 2.24) is 10.2 Å². The molecule has 1 amide bonds. The molecule has 0 unspecified atom stereocenters. The summed E-state index contributed by atoms with van der Waals surface area (Å²) >= 11 is 0. The number of hydrogen-bond acceptors (Lipinski definition) is 3. The van der Waals surface area contributed by atoms with Gasteiger partial charge < -0.3 is 10.4 Å². The van der Waals surface area contributed by atoms with Crippen LogP contribution < -0.4 is 5.32 Å². The van der Waals surface area contributed by atoms with Crippen LogP contribution in [0.25, 0.3) is 11.3 Å². The Bertz CT molecular complexity index is 593. The lowest BCUT2D eigenvalue weighted by Gasteiger charge is -2.06. The van der Waals surface area contributed by atoms with Crippen LogP contribution in [0.1, 0.15) is 19.3 Å². The van der Waals surface area contributed by atoms with Crippen LogP contribution in [-0.4, -0.2) is 27.2 Å². The van der Waals surface area contributed by atoms with E-state index >= 15 is 0 Å². The molecule has 2 rings (SSSR count).